The summed E-state index contributed by atoms with van der Waals surface area (Å²) >= 11 is 0. The molecule has 0 amide bonds. The molecule has 1 N–H and O–H groups in total. The molecule has 1 unspecified atom stereocenters. The Kier molecular flexibility index (Phi) is 5.11. The maximum Gasteiger partial charge on any atom is 0.228 e. The van der Waals surface area contributed by atoms with Crippen LogP contribution in [0, 0.1) is 0 Å². The van der Waals surface area contributed by atoms with Gasteiger partial charge >= 0.3 is 0 Å². The Morgan fingerprint density at radius 3 is 2.58 bits per heavy atom. The van der Waals surface area contributed by atoms with Crippen LogP contribution in [0.2, 0.25) is 0 Å². The molecule has 0 bridgehead atoms. The highest BCUT2D eigenvalue weighted by molar-refractivity contribution is 5.83. The van der Waals surface area contributed by atoms with Crippen molar-refractivity contribution in [1.82, 2.24) is 19.6 Å². The van der Waals surface area contributed by atoms with Crippen LogP contribution >= 0.6 is 0 Å². The number of benzene rings is 4. The Morgan fingerprint density at radius 1 is 0.921 bits per heavy atom. The van der Waals surface area contributed by atoms with E-state index in [0.29, 0.717) is 23.1 Å². The van der Waals surface area contributed by atoms with Crippen LogP contribution in [0.3, 0.4) is 0 Å². The largest absolute Gasteiger partial charge is 0.508 e. The Bertz CT molecular complexity index is 1810. The van der Waals surface area contributed by atoms with Crippen LogP contribution in [-0.4, -0.2) is 31.8 Å². The van der Waals surface area contributed by atoms with Gasteiger partial charge in [0.1, 0.15) is 35.9 Å². The molecule has 2 aromatic heterocycles. The smallest absolute Gasteiger partial charge is 0.228 e. The van der Waals surface area contributed by atoms with Gasteiger partial charge in [0.25, 0.3) is 0 Å². The molecule has 6 aromatic rings. The molecule has 0 spiro atoms. The second kappa shape index (κ2) is 8.77. The van der Waals surface area contributed by atoms with Crippen molar-refractivity contribution >= 4 is 16.4 Å². The minimum atomic E-state index is -0.241. The number of aromatic hydroxyl groups is 1. The third-order valence-electron chi connectivity index (χ3n) is 6.77. The van der Waals surface area contributed by atoms with Crippen LogP contribution in [0.5, 0.6) is 28.9 Å². The lowest BCUT2D eigenvalue weighted by Gasteiger charge is -2.28. The number of methoxy groups -OCH3 is 1. The van der Waals surface area contributed by atoms with Crippen LogP contribution in [0.25, 0.3) is 16.4 Å². The average molecular weight is 503 g/mol. The van der Waals surface area contributed by atoms with Crippen molar-refractivity contribution in [2.45, 2.75) is 12.5 Å². The molecule has 3 heterocycles. The lowest BCUT2D eigenvalue weighted by atomic mass is 9.84. The summed E-state index contributed by atoms with van der Waals surface area (Å²) in [5, 5.41) is 17.0. The molecule has 7 rings (SSSR count). The van der Waals surface area contributed by atoms with E-state index in [1.165, 1.54) is 0 Å². The van der Waals surface area contributed by atoms with Gasteiger partial charge in [-0.05, 0) is 46.7 Å². The fourth-order valence-corrected chi connectivity index (χ4v) is 4.96. The number of nitrogens with zero attached hydrogens (tertiary/aromatic N) is 4. The van der Waals surface area contributed by atoms with E-state index in [1.807, 2.05) is 60.7 Å². The quantitative estimate of drug-likeness (QED) is 0.315. The summed E-state index contributed by atoms with van der Waals surface area (Å²) in [7, 11) is 1.64. The maximum absolute atomic E-state index is 10.1. The molecular formula is C30H22N4O4. The van der Waals surface area contributed by atoms with Crippen LogP contribution < -0.4 is 14.2 Å². The Balaban J connectivity index is 1.29. The SMILES string of the molecule is COc1ccc(C2c3ccc(O)cc3Oc3ncn4nc(COc5ccc6ccccc6c5)nc4c32)cc1. The molecule has 0 saturated heterocycles. The Labute approximate surface area is 217 Å². The van der Waals surface area contributed by atoms with Gasteiger partial charge in [-0.3, -0.25) is 0 Å². The van der Waals surface area contributed by atoms with Crippen molar-refractivity contribution in [3.05, 3.63) is 114 Å². The van der Waals surface area contributed by atoms with Gasteiger partial charge in [-0.1, -0.05) is 48.5 Å². The summed E-state index contributed by atoms with van der Waals surface area (Å²) in [5.41, 5.74) is 3.33. The van der Waals surface area contributed by atoms with E-state index in [1.54, 1.807) is 30.1 Å². The van der Waals surface area contributed by atoms with Gasteiger partial charge in [0, 0.05) is 17.5 Å². The Morgan fingerprint density at radius 2 is 1.74 bits per heavy atom. The highest BCUT2D eigenvalue weighted by Crippen LogP contribution is 2.48. The van der Waals surface area contributed by atoms with Gasteiger partial charge in [0.05, 0.1) is 12.7 Å². The topological polar surface area (TPSA) is 91.0 Å². The normalized spacial score (nSPS) is 14.1. The molecule has 8 heteroatoms. The third-order valence-corrected chi connectivity index (χ3v) is 6.77. The molecule has 0 radical (unpaired) electrons. The van der Waals surface area contributed by atoms with Crippen LogP contribution in [0.4, 0.5) is 0 Å². The molecule has 1 atom stereocenters. The zero-order valence-electron chi connectivity index (χ0n) is 20.4. The van der Waals surface area contributed by atoms with E-state index in [2.05, 4.69) is 22.2 Å². The van der Waals surface area contributed by atoms with E-state index in [0.717, 1.165) is 39.0 Å². The monoisotopic (exact) mass is 502 g/mol. The Hall–Kier alpha value is -5.11. The van der Waals surface area contributed by atoms with Crippen molar-refractivity contribution < 1.29 is 19.3 Å². The summed E-state index contributed by atoms with van der Waals surface area (Å²) in [5.74, 6) is 2.89. The van der Waals surface area contributed by atoms with Crippen LogP contribution in [0.15, 0.2) is 91.3 Å². The number of fused-ring (bicyclic) bond motifs is 5. The highest BCUT2D eigenvalue weighted by Gasteiger charge is 2.33. The zero-order valence-corrected chi connectivity index (χ0v) is 20.4. The lowest BCUT2D eigenvalue weighted by molar-refractivity contribution is 0.296. The summed E-state index contributed by atoms with van der Waals surface area (Å²) in [4.78, 5) is 9.38. The minimum Gasteiger partial charge on any atom is -0.508 e. The standard InChI is InChI=1S/C30H22N4O4/c1-36-22-10-7-19(8-11-22)27-24-13-9-21(35)15-25(24)38-30-28(27)29-32-26(33-34(29)17-31-30)16-37-23-12-6-18-4-2-3-5-20(18)14-23/h2-15,17,27,35H,16H2,1H3. The van der Waals surface area contributed by atoms with Gasteiger partial charge in [-0.15, -0.1) is 5.10 Å². The summed E-state index contributed by atoms with van der Waals surface area (Å²) in [6.45, 7) is 0.202. The highest BCUT2D eigenvalue weighted by atomic mass is 16.5. The number of rotatable bonds is 5. The number of hydrogen-bond donors (Lipinski definition) is 1. The molecule has 0 saturated carbocycles. The first-order valence-electron chi connectivity index (χ1n) is 12.2. The number of aromatic nitrogens is 4. The molecule has 0 aliphatic carbocycles. The predicted molar refractivity (Wildman–Crippen MR) is 141 cm³/mol. The molecule has 1 aliphatic heterocycles. The zero-order chi connectivity index (χ0) is 25.6. The number of phenols is 1. The molecule has 38 heavy (non-hydrogen) atoms. The average Bonchev–Trinajstić information content (AvgIpc) is 3.38. The van der Waals surface area contributed by atoms with Crippen molar-refractivity contribution in [3.63, 3.8) is 0 Å². The van der Waals surface area contributed by atoms with Crippen molar-refractivity contribution in [2.75, 3.05) is 7.11 Å². The van der Waals surface area contributed by atoms with Crippen molar-refractivity contribution in [1.29, 1.82) is 0 Å². The molecule has 8 nitrogen and oxygen atoms in total. The first-order valence-corrected chi connectivity index (χ1v) is 12.2. The van der Waals surface area contributed by atoms with Gasteiger partial charge < -0.3 is 19.3 Å². The number of phenolic OH excluding ortho intramolecular Hbond substituents is 1. The minimum absolute atomic E-state index is 0.123. The predicted octanol–water partition coefficient (Wildman–Crippen LogP) is 5.86. The van der Waals surface area contributed by atoms with E-state index in [-0.39, 0.29) is 18.3 Å². The molecule has 1 aliphatic rings. The van der Waals surface area contributed by atoms with Gasteiger partial charge in [0.15, 0.2) is 11.5 Å². The summed E-state index contributed by atoms with van der Waals surface area (Å²) < 4.78 is 19.2. The lowest BCUT2D eigenvalue weighted by Crippen LogP contribution is -2.15. The maximum atomic E-state index is 10.1. The first-order chi connectivity index (χ1) is 18.7. The van der Waals surface area contributed by atoms with E-state index in [4.69, 9.17) is 19.2 Å². The van der Waals surface area contributed by atoms with Crippen LogP contribution in [-0.2, 0) is 6.61 Å². The number of ether oxygens (including phenoxy) is 3. The van der Waals surface area contributed by atoms with Gasteiger partial charge in [0.2, 0.25) is 5.88 Å². The van der Waals surface area contributed by atoms with E-state index < -0.39 is 0 Å². The summed E-state index contributed by atoms with van der Waals surface area (Å²) in [6.07, 6.45) is 1.58. The van der Waals surface area contributed by atoms with E-state index in [9.17, 15) is 5.11 Å². The van der Waals surface area contributed by atoms with Gasteiger partial charge in [-0.25, -0.2) is 14.5 Å². The third kappa shape index (κ3) is 3.74. The molecule has 0 fully saturated rings. The van der Waals surface area contributed by atoms with Crippen LogP contribution in [0.1, 0.15) is 28.4 Å². The fourth-order valence-electron chi connectivity index (χ4n) is 4.96. The fraction of sp³-hybridized carbons (Fsp3) is 0.100. The molecule has 4 aromatic carbocycles. The van der Waals surface area contributed by atoms with Gasteiger partial charge in [-0.2, -0.15) is 0 Å². The summed E-state index contributed by atoms with van der Waals surface area (Å²) in [6, 6.07) is 27.1. The van der Waals surface area contributed by atoms with Crippen molar-refractivity contribution in [3.8, 4) is 28.9 Å². The molecular weight excluding hydrogens is 480 g/mol. The number of hydrogen-bond acceptors (Lipinski definition) is 7. The van der Waals surface area contributed by atoms with Crippen molar-refractivity contribution in [2.24, 2.45) is 0 Å². The second-order valence-electron chi connectivity index (χ2n) is 9.09. The second-order valence-corrected chi connectivity index (χ2v) is 9.09. The van der Waals surface area contributed by atoms with E-state index >= 15 is 0 Å². The molecule has 186 valence electrons. The first kappa shape index (κ1) is 22.1.